The van der Waals surface area contributed by atoms with Crippen LogP contribution in [-0.2, 0) is 9.84 Å². The minimum absolute atomic E-state index is 0.128. The zero-order chi connectivity index (χ0) is 12.1. The first-order valence-electron chi connectivity index (χ1n) is 6.07. The fraction of sp³-hybridized carbons (Fsp3) is 1.00. The van der Waals surface area contributed by atoms with Crippen molar-refractivity contribution in [2.75, 3.05) is 24.6 Å². The molecule has 0 amide bonds. The van der Waals surface area contributed by atoms with Gasteiger partial charge in [0, 0.05) is 5.75 Å². The van der Waals surface area contributed by atoms with Crippen LogP contribution in [0, 0.1) is 0 Å². The topological polar surface area (TPSA) is 46.2 Å². The van der Waals surface area contributed by atoms with Crippen molar-refractivity contribution < 1.29 is 12.8 Å². The Morgan fingerprint density at radius 2 is 2.06 bits per heavy atom. The highest BCUT2D eigenvalue weighted by Crippen LogP contribution is 2.29. The Labute approximate surface area is 97.7 Å². The highest BCUT2D eigenvalue weighted by Gasteiger charge is 2.30. The number of sulfone groups is 1. The molecule has 1 rings (SSSR count). The number of nitrogens with one attached hydrogen (secondary N) is 1. The fourth-order valence-electron chi connectivity index (χ4n) is 2.10. The molecule has 1 unspecified atom stereocenters. The minimum Gasteiger partial charge on any atom is -0.317 e. The summed E-state index contributed by atoms with van der Waals surface area (Å²) in [7, 11) is -2.94. The van der Waals surface area contributed by atoms with Gasteiger partial charge in [-0.3, -0.25) is 0 Å². The second-order valence-electron chi connectivity index (χ2n) is 4.59. The molecule has 0 saturated carbocycles. The molecule has 1 heterocycles. The molecule has 1 saturated heterocycles. The predicted octanol–water partition coefficient (Wildman–Crippen LogP) is 1.68. The lowest BCUT2D eigenvalue weighted by Crippen LogP contribution is -2.25. The molecule has 0 bridgehead atoms. The minimum atomic E-state index is -2.94. The number of hydrogen-bond donors (Lipinski definition) is 1. The van der Waals surface area contributed by atoms with Gasteiger partial charge in [0.1, 0.15) is 15.5 Å². The van der Waals surface area contributed by atoms with Gasteiger partial charge in [0.25, 0.3) is 0 Å². The maximum atomic E-state index is 14.3. The van der Waals surface area contributed by atoms with Gasteiger partial charge >= 0.3 is 0 Å². The number of alkyl halides is 1. The Hall–Kier alpha value is -0.160. The summed E-state index contributed by atoms with van der Waals surface area (Å²) in [5.41, 5.74) is -1.15. The van der Waals surface area contributed by atoms with Gasteiger partial charge in [-0.25, -0.2) is 12.8 Å². The van der Waals surface area contributed by atoms with Crippen molar-refractivity contribution in [2.24, 2.45) is 0 Å². The SMILES string of the molecule is CCS(=O)(=O)CCCC1(F)CCCNCC1. The summed E-state index contributed by atoms with van der Waals surface area (Å²) in [5.74, 6) is 0.288. The van der Waals surface area contributed by atoms with E-state index in [0.29, 0.717) is 32.2 Å². The van der Waals surface area contributed by atoms with E-state index >= 15 is 0 Å². The number of halogens is 1. The van der Waals surface area contributed by atoms with Gasteiger partial charge in [0.05, 0.1) is 5.75 Å². The van der Waals surface area contributed by atoms with E-state index in [9.17, 15) is 12.8 Å². The molecule has 5 heteroatoms. The third kappa shape index (κ3) is 4.78. The van der Waals surface area contributed by atoms with Crippen molar-refractivity contribution in [3.63, 3.8) is 0 Å². The van der Waals surface area contributed by atoms with Crippen LogP contribution in [0.3, 0.4) is 0 Å². The molecule has 0 aromatic carbocycles. The summed E-state index contributed by atoms with van der Waals surface area (Å²) in [6.07, 6.45) is 2.75. The highest BCUT2D eigenvalue weighted by molar-refractivity contribution is 7.91. The first-order valence-corrected chi connectivity index (χ1v) is 7.90. The molecule has 0 radical (unpaired) electrons. The van der Waals surface area contributed by atoms with E-state index < -0.39 is 15.5 Å². The second-order valence-corrected chi connectivity index (χ2v) is 7.07. The first kappa shape index (κ1) is 13.9. The Bertz CT molecular complexity index is 295. The lowest BCUT2D eigenvalue weighted by atomic mass is 9.92. The Kier molecular flexibility index (Phi) is 5.18. The third-order valence-corrected chi connectivity index (χ3v) is 5.04. The molecule has 1 aliphatic rings. The molecule has 1 fully saturated rings. The predicted molar refractivity (Wildman–Crippen MR) is 64.1 cm³/mol. The molecular formula is C11H22FNO2S. The maximum absolute atomic E-state index is 14.3. The number of rotatable bonds is 5. The third-order valence-electron chi connectivity index (χ3n) is 3.25. The monoisotopic (exact) mass is 251 g/mol. The van der Waals surface area contributed by atoms with Gasteiger partial charge in [-0.1, -0.05) is 6.92 Å². The molecule has 0 aromatic heterocycles. The average Bonchev–Trinajstić information content (AvgIpc) is 2.43. The summed E-state index contributed by atoms with van der Waals surface area (Å²) in [4.78, 5) is 0. The lowest BCUT2D eigenvalue weighted by molar-refractivity contribution is 0.131. The van der Waals surface area contributed by atoms with Gasteiger partial charge in [-0.05, 0) is 45.2 Å². The maximum Gasteiger partial charge on any atom is 0.150 e. The van der Waals surface area contributed by atoms with E-state index in [1.165, 1.54) is 0 Å². The quantitative estimate of drug-likeness (QED) is 0.808. The molecule has 1 atom stereocenters. The van der Waals surface area contributed by atoms with Crippen LogP contribution in [0.15, 0.2) is 0 Å². The second kappa shape index (κ2) is 5.96. The molecule has 1 aliphatic heterocycles. The Morgan fingerprint density at radius 1 is 1.31 bits per heavy atom. The van der Waals surface area contributed by atoms with Crippen molar-refractivity contribution in [2.45, 2.75) is 44.7 Å². The van der Waals surface area contributed by atoms with E-state index in [4.69, 9.17) is 0 Å². The zero-order valence-corrected chi connectivity index (χ0v) is 10.8. The first-order chi connectivity index (χ1) is 7.47. The summed E-state index contributed by atoms with van der Waals surface area (Å²) < 4.78 is 36.8. The largest absolute Gasteiger partial charge is 0.317 e. The molecule has 16 heavy (non-hydrogen) atoms. The molecule has 96 valence electrons. The molecule has 1 N–H and O–H groups in total. The Morgan fingerprint density at radius 3 is 2.75 bits per heavy atom. The van der Waals surface area contributed by atoms with Crippen LogP contribution >= 0.6 is 0 Å². The molecule has 0 spiro atoms. The van der Waals surface area contributed by atoms with E-state index in [2.05, 4.69) is 5.32 Å². The van der Waals surface area contributed by atoms with Gasteiger partial charge in [-0.2, -0.15) is 0 Å². The van der Waals surface area contributed by atoms with E-state index in [-0.39, 0.29) is 11.5 Å². The standard InChI is InChI=1S/C11H22FNO2S/c1-2-16(14,15)10-4-6-11(12)5-3-8-13-9-7-11/h13H,2-10H2,1H3. The summed E-state index contributed by atoms with van der Waals surface area (Å²) in [6, 6.07) is 0. The van der Waals surface area contributed by atoms with Crippen LogP contribution in [0.5, 0.6) is 0 Å². The van der Waals surface area contributed by atoms with Crippen LogP contribution < -0.4 is 5.32 Å². The van der Waals surface area contributed by atoms with Gasteiger partial charge < -0.3 is 5.32 Å². The Balaban J connectivity index is 2.35. The highest BCUT2D eigenvalue weighted by atomic mass is 32.2. The van der Waals surface area contributed by atoms with Crippen LogP contribution in [0.4, 0.5) is 4.39 Å². The van der Waals surface area contributed by atoms with E-state index in [1.807, 2.05) is 0 Å². The van der Waals surface area contributed by atoms with Crippen molar-refractivity contribution in [1.82, 2.24) is 5.32 Å². The van der Waals surface area contributed by atoms with E-state index in [1.54, 1.807) is 6.92 Å². The zero-order valence-electron chi connectivity index (χ0n) is 9.97. The van der Waals surface area contributed by atoms with E-state index in [0.717, 1.165) is 13.0 Å². The van der Waals surface area contributed by atoms with Crippen molar-refractivity contribution in [1.29, 1.82) is 0 Å². The van der Waals surface area contributed by atoms with Crippen LogP contribution in [0.1, 0.15) is 39.0 Å². The molecule has 0 aliphatic carbocycles. The van der Waals surface area contributed by atoms with Crippen LogP contribution in [0.25, 0.3) is 0 Å². The molecule has 3 nitrogen and oxygen atoms in total. The summed E-state index contributed by atoms with van der Waals surface area (Å²) in [6.45, 7) is 3.21. The summed E-state index contributed by atoms with van der Waals surface area (Å²) in [5, 5.41) is 3.16. The average molecular weight is 251 g/mol. The summed E-state index contributed by atoms with van der Waals surface area (Å²) >= 11 is 0. The van der Waals surface area contributed by atoms with Gasteiger partial charge in [0.2, 0.25) is 0 Å². The molecular weight excluding hydrogens is 229 g/mol. The number of hydrogen-bond acceptors (Lipinski definition) is 3. The van der Waals surface area contributed by atoms with Crippen molar-refractivity contribution >= 4 is 9.84 Å². The lowest BCUT2D eigenvalue weighted by Gasteiger charge is -2.22. The fourth-order valence-corrected chi connectivity index (χ4v) is 2.97. The van der Waals surface area contributed by atoms with Gasteiger partial charge in [0.15, 0.2) is 0 Å². The van der Waals surface area contributed by atoms with Gasteiger partial charge in [-0.15, -0.1) is 0 Å². The smallest absolute Gasteiger partial charge is 0.150 e. The normalized spacial score (nSPS) is 27.6. The van der Waals surface area contributed by atoms with Crippen molar-refractivity contribution in [3.05, 3.63) is 0 Å². The van der Waals surface area contributed by atoms with Crippen LogP contribution in [-0.4, -0.2) is 38.7 Å². The van der Waals surface area contributed by atoms with Crippen molar-refractivity contribution in [3.8, 4) is 0 Å². The van der Waals surface area contributed by atoms with Crippen LogP contribution in [0.2, 0.25) is 0 Å². The molecule has 0 aromatic rings.